The van der Waals surface area contributed by atoms with Crippen molar-refractivity contribution in [3.63, 3.8) is 0 Å². The van der Waals surface area contributed by atoms with Crippen LogP contribution in [0.25, 0.3) is 0 Å². The van der Waals surface area contributed by atoms with Crippen molar-refractivity contribution in [2.75, 3.05) is 33.0 Å². The molecule has 1 aromatic carbocycles. The Hall–Kier alpha value is -2.41. The third-order valence-electron chi connectivity index (χ3n) is 4.30. The van der Waals surface area contributed by atoms with Crippen LogP contribution in [0.5, 0.6) is 11.5 Å². The number of nitrogens with two attached hydrogens (primary N) is 1. The predicted molar refractivity (Wildman–Crippen MR) is 90.8 cm³/mol. The number of carbonyl (C=O) groups is 1. The molecule has 3 rings (SSSR count). The molecule has 1 fully saturated rings. The van der Waals surface area contributed by atoms with Gasteiger partial charge in [-0.1, -0.05) is 23.7 Å². The van der Waals surface area contributed by atoms with Gasteiger partial charge in [0.25, 0.3) is 5.91 Å². The smallest absolute Gasteiger partial charge is 0.273 e. The summed E-state index contributed by atoms with van der Waals surface area (Å²) in [7, 11) is 3.23. The van der Waals surface area contributed by atoms with Crippen molar-refractivity contribution in [1.82, 2.24) is 15.1 Å². The molecule has 1 atom stereocenters. The summed E-state index contributed by atoms with van der Waals surface area (Å²) < 4.78 is 10.8. The first-order chi connectivity index (χ1) is 11.6. The van der Waals surface area contributed by atoms with Crippen LogP contribution < -0.4 is 15.2 Å². The number of amides is 1. The Balaban J connectivity index is 1.81. The molecule has 2 heterocycles. The van der Waals surface area contributed by atoms with E-state index in [0.717, 1.165) is 12.0 Å². The maximum atomic E-state index is 12.6. The van der Waals surface area contributed by atoms with E-state index in [1.807, 2.05) is 18.2 Å². The monoisotopic (exact) mass is 350 g/mol. The van der Waals surface area contributed by atoms with E-state index in [0.29, 0.717) is 24.6 Å². The number of aromatic amines is 1. The Morgan fingerprint density at radius 3 is 2.83 bits per heavy atom. The number of nitrogen functional groups attached to an aromatic ring is 1. The zero-order valence-electron chi connectivity index (χ0n) is 13.5. The summed E-state index contributed by atoms with van der Waals surface area (Å²) in [5.74, 6) is 1.49. The zero-order valence-corrected chi connectivity index (χ0v) is 14.3. The van der Waals surface area contributed by atoms with Crippen LogP contribution >= 0.6 is 11.6 Å². The van der Waals surface area contributed by atoms with E-state index < -0.39 is 0 Å². The molecule has 0 radical (unpaired) electrons. The lowest BCUT2D eigenvalue weighted by Crippen LogP contribution is -2.29. The minimum Gasteiger partial charge on any atom is -0.493 e. The number of hydrogen-bond donors (Lipinski definition) is 2. The van der Waals surface area contributed by atoms with Gasteiger partial charge >= 0.3 is 0 Å². The number of methoxy groups -OCH3 is 2. The third kappa shape index (κ3) is 2.75. The molecule has 3 N–H and O–H groups in total. The number of rotatable bonds is 4. The lowest BCUT2D eigenvalue weighted by Gasteiger charge is -2.18. The van der Waals surface area contributed by atoms with Crippen LogP contribution in [0.3, 0.4) is 0 Å². The van der Waals surface area contributed by atoms with E-state index in [9.17, 15) is 4.79 Å². The van der Waals surface area contributed by atoms with Gasteiger partial charge in [0.05, 0.1) is 14.2 Å². The van der Waals surface area contributed by atoms with Crippen LogP contribution in [0.15, 0.2) is 18.2 Å². The van der Waals surface area contributed by atoms with Gasteiger partial charge in [0.15, 0.2) is 17.3 Å². The van der Waals surface area contributed by atoms with Crippen molar-refractivity contribution in [3.8, 4) is 11.5 Å². The van der Waals surface area contributed by atoms with Gasteiger partial charge in [-0.3, -0.25) is 9.89 Å². The van der Waals surface area contributed by atoms with Crippen molar-refractivity contribution in [3.05, 3.63) is 34.5 Å². The lowest BCUT2D eigenvalue weighted by molar-refractivity contribution is 0.0785. The number of hydrogen-bond acceptors (Lipinski definition) is 5. The molecule has 1 aromatic heterocycles. The number of benzene rings is 1. The average Bonchev–Trinajstić information content (AvgIpc) is 3.21. The van der Waals surface area contributed by atoms with Gasteiger partial charge in [0.1, 0.15) is 10.7 Å². The number of ether oxygens (including phenoxy) is 2. The van der Waals surface area contributed by atoms with E-state index >= 15 is 0 Å². The van der Waals surface area contributed by atoms with Crippen molar-refractivity contribution >= 4 is 23.3 Å². The standard InChI is InChI=1S/C16H19ClN4O3/c1-23-11-5-3-4-10(14(11)24-2)9-6-7-21(8-9)16(22)13-12(17)15(18)20-19-13/h3-5,9H,6-8H2,1-2H3,(H3,18,19,20). The fourth-order valence-corrected chi connectivity index (χ4v) is 3.24. The van der Waals surface area contributed by atoms with E-state index in [2.05, 4.69) is 10.2 Å². The average molecular weight is 351 g/mol. The molecule has 0 bridgehead atoms. The van der Waals surface area contributed by atoms with Gasteiger partial charge in [-0.05, 0) is 12.5 Å². The fourth-order valence-electron chi connectivity index (χ4n) is 3.07. The maximum Gasteiger partial charge on any atom is 0.273 e. The van der Waals surface area contributed by atoms with Crippen LogP contribution in [0.4, 0.5) is 5.82 Å². The Kier molecular flexibility index (Phi) is 4.53. The number of para-hydroxylation sites is 1. The third-order valence-corrected chi connectivity index (χ3v) is 4.68. The summed E-state index contributed by atoms with van der Waals surface area (Å²) in [4.78, 5) is 14.3. The van der Waals surface area contributed by atoms with Crippen LogP contribution in [0.1, 0.15) is 28.4 Å². The van der Waals surface area contributed by atoms with Crippen molar-refractivity contribution in [1.29, 1.82) is 0 Å². The van der Waals surface area contributed by atoms with Gasteiger partial charge in [-0.2, -0.15) is 5.10 Å². The predicted octanol–water partition coefficient (Wildman–Crippen LogP) is 2.29. The maximum absolute atomic E-state index is 12.6. The van der Waals surface area contributed by atoms with Crippen LogP contribution in [0.2, 0.25) is 5.02 Å². The summed E-state index contributed by atoms with van der Waals surface area (Å²) in [6, 6.07) is 5.78. The quantitative estimate of drug-likeness (QED) is 0.882. The van der Waals surface area contributed by atoms with Gasteiger partial charge in [-0.25, -0.2) is 0 Å². The van der Waals surface area contributed by atoms with E-state index in [4.69, 9.17) is 26.8 Å². The minimum absolute atomic E-state index is 0.130. The molecule has 0 saturated carbocycles. The highest BCUT2D eigenvalue weighted by Crippen LogP contribution is 2.39. The number of nitrogens with zero attached hydrogens (tertiary/aromatic N) is 2. The summed E-state index contributed by atoms with van der Waals surface area (Å²) in [6.07, 6.45) is 0.830. The van der Waals surface area contributed by atoms with E-state index in [1.54, 1.807) is 19.1 Å². The van der Waals surface area contributed by atoms with Gasteiger partial charge in [-0.15, -0.1) is 0 Å². The lowest BCUT2D eigenvalue weighted by atomic mass is 9.97. The molecule has 1 saturated heterocycles. The summed E-state index contributed by atoms with van der Waals surface area (Å²) in [5.41, 5.74) is 6.85. The number of aromatic nitrogens is 2. The van der Waals surface area contributed by atoms with Crippen LogP contribution in [0, 0.1) is 0 Å². The second kappa shape index (κ2) is 6.60. The van der Waals surface area contributed by atoms with Gasteiger partial charge in [0, 0.05) is 24.6 Å². The molecule has 7 nitrogen and oxygen atoms in total. The molecule has 1 amide bonds. The SMILES string of the molecule is COc1cccc(C2CCN(C(=O)c3[nH]nc(N)c3Cl)C2)c1OC. The minimum atomic E-state index is -0.200. The number of carbonyl (C=O) groups excluding carboxylic acids is 1. The summed E-state index contributed by atoms with van der Waals surface area (Å²) >= 11 is 6.02. The first-order valence-electron chi connectivity index (χ1n) is 7.56. The molecule has 1 unspecified atom stereocenters. The Bertz CT molecular complexity index is 762. The Labute approximate surface area is 144 Å². The molecule has 8 heteroatoms. The molecule has 1 aliphatic heterocycles. The van der Waals surface area contributed by atoms with E-state index in [-0.39, 0.29) is 28.4 Å². The number of H-pyrrole nitrogens is 1. The van der Waals surface area contributed by atoms with Gasteiger partial charge in [0.2, 0.25) is 0 Å². The number of likely N-dealkylation sites (tertiary alicyclic amines) is 1. The van der Waals surface area contributed by atoms with Gasteiger partial charge < -0.3 is 20.1 Å². The summed E-state index contributed by atoms with van der Waals surface area (Å²) in [5, 5.41) is 6.54. The molecule has 128 valence electrons. The highest BCUT2D eigenvalue weighted by molar-refractivity contribution is 6.35. The topological polar surface area (TPSA) is 93.5 Å². The molecule has 24 heavy (non-hydrogen) atoms. The molecular weight excluding hydrogens is 332 g/mol. The normalized spacial score (nSPS) is 17.1. The highest BCUT2D eigenvalue weighted by atomic mass is 35.5. The summed E-state index contributed by atoms with van der Waals surface area (Å²) in [6.45, 7) is 1.19. The van der Waals surface area contributed by atoms with Crippen LogP contribution in [-0.4, -0.2) is 48.3 Å². The largest absolute Gasteiger partial charge is 0.493 e. The second-order valence-corrected chi connectivity index (χ2v) is 6.00. The number of anilines is 1. The Morgan fingerprint density at radius 2 is 2.21 bits per heavy atom. The Morgan fingerprint density at radius 1 is 1.42 bits per heavy atom. The van der Waals surface area contributed by atoms with Crippen molar-refractivity contribution < 1.29 is 14.3 Å². The second-order valence-electron chi connectivity index (χ2n) is 5.62. The number of halogens is 1. The molecule has 0 spiro atoms. The molecule has 2 aromatic rings. The molecule has 1 aliphatic rings. The zero-order chi connectivity index (χ0) is 17.3. The van der Waals surface area contributed by atoms with E-state index in [1.165, 1.54) is 0 Å². The van der Waals surface area contributed by atoms with Crippen molar-refractivity contribution in [2.45, 2.75) is 12.3 Å². The van der Waals surface area contributed by atoms with Crippen molar-refractivity contribution in [2.24, 2.45) is 0 Å². The molecular formula is C16H19ClN4O3. The number of nitrogens with one attached hydrogen (secondary N) is 1. The first kappa shape index (κ1) is 16.4. The van der Waals surface area contributed by atoms with Crippen LogP contribution in [-0.2, 0) is 0 Å². The highest BCUT2D eigenvalue weighted by Gasteiger charge is 2.32. The fraction of sp³-hybridized carbons (Fsp3) is 0.375. The first-order valence-corrected chi connectivity index (χ1v) is 7.94. The molecule has 0 aliphatic carbocycles.